The number of fused-ring (bicyclic) bond motifs is 1. The number of hydrogen-bond donors (Lipinski definition) is 2. The molecule has 0 saturated heterocycles. The van der Waals surface area contributed by atoms with Crippen LogP contribution in [-0.4, -0.2) is 15.8 Å². The zero-order chi connectivity index (χ0) is 16.6. The SMILES string of the molecule is C=C1Nc2scc[n+]2[C@@H]1C(=S)NC(=O)c1cccc([N+](=O)[O-])c1. The molecule has 0 unspecified atom stereocenters. The van der Waals surface area contributed by atoms with Crippen LogP contribution in [0.2, 0.25) is 0 Å². The van der Waals surface area contributed by atoms with Crippen molar-refractivity contribution < 1.29 is 14.3 Å². The van der Waals surface area contributed by atoms with E-state index in [9.17, 15) is 14.9 Å². The van der Waals surface area contributed by atoms with Gasteiger partial charge in [0.1, 0.15) is 16.9 Å². The average molecular weight is 347 g/mol. The summed E-state index contributed by atoms with van der Waals surface area (Å²) in [6, 6.07) is 5.12. The number of carbonyl (C=O) groups is 1. The van der Waals surface area contributed by atoms with Crippen LogP contribution in [0.25, 0.3) is 0 Å². The lowest BCUT2D eigenvalue weighted by molar-refractivity contribution is -0.672. The van der Waals surface area contributed by atoms with Crippen LogP contribution in [-0.2, 0) is 0 Å². The molecule has 1 aromatic carbocycles. The fourth-order valence-electron chi connectivity index (χ4n) is 2.26. The van der Waals surface area contributed by atoms with E-state index in [1.54, 1.807) is 0 Å². The molecule has 0 aliphatic carbocycles. The molecule has 1 aliphatic heterocycles. The molecule has 1 amide bonds. The number of nitrogens with zero attached hydrogens (tertiary/aromatic N) is 2. The second-order valence-electron chi connectivity index (χ2n) is 4.79. The number of nitro groups is 1. The normalized spacial score (nSPS) is 15.7. The second kappa shape index (κ2) is 5.86. The molecule has 1 aromatic heterocycles. The third kappa shape index (κ3) is 2.83. The average Bonchev–Trinajstić information content (AvgIpc) is 3.06. The van der Waals surface area contributed by atoms with Gasteiger partial charge in [-0.05, 0) is 6.07 Å². The second-order valence-corrected chi connectivity index (χ2v) is 6.13. The Kier molecular flexibility index (Phi) is 3.89. The van der Waals surface area contributed by atoms with Gasteiger partial charge in [-0.2, -0.15) is 0 Å². The number of nitro benzene ring substituents is 1. The maximum absolute atomic E-state index is 12.3. The Morgan fingerprint density at radius 1 is 1.52 bits per heavy atom. The third-order valence-electron chi connectivity index (χ3n) is 3.32. The van der Waals surface area contributed by atoms with E-state index in [4.69, 9.17) is 12.2 Å². The Labute approximate surface area is 140 Å². The topological polar surface area (TPSA) is 88.2 Å². The van der Waals surface area contributed by atoms with Crippen LogP contribution in [0.5, 0.6) is 0 Å². The van der Waals surface area contributed by atoms with Crippen molar-refractivity contribution in [3.05, 3.63) is 63.8 Å². The van der Waals surface area contributed by atoms with Gasteiger partial charge in [-0.25, -0.2) is 9.88 Å². The van der Waals surface area contributed by atoms with E-state index in [2.05, 4.69) is 17.2 Å². The first-order valence-corrected chi connectivity index (χ1v) is 7.80. The Morgan fingerprint density at radius 2 is 2.30 bits per heavy atom. The smallest absolute Gasteiger partial charge is 0.312 e. The van der Waals surface area contributed by atoms with Gasteiger partial charge in [0.25, 0.3) is 11.6 Å². The van der Waals surface area contributed by atoms with Crippen LogP contribution in [0, 0.1) is 10.1 Å². The van der Waals surface area contributed by atoms with E-state index < -0.39 is 10.8 Å². The highest BCUT2D eigenvalue weighted by molar-refractivity contribution is 7.80. The predicted octanol–water partition coefficient (Wildman–Crippen LogP) is 2.18. The van der Waals surface area contributed by atoms with Crippen molar-refractivity contribution >= 4 is 45.3 Å². The van der Waals surface area contributed by atoms with E-state index in [0.29, 0.717) is 5.70 Å². The van der Waals surface area contributed by atoms with E-state index in [0.717, 1.165) is 5.13 Å². The van der Waals surface area contributed by atoms with Crippen molar-refractivity contribution in [2.45, 2.75) is 6.04 Å². The highest BCUT2D eigenvalue weighted by Crippen LogP contribution is 2.26. The molecule has 116 valence electrons. The van der Waals surface area contributed by atoms with Gasteiger partial charge in [0, 0.05) is 23.1 Å². The fourth-order valence-corrected chi connectivity index (χ4v) is 3.41. The summed E-state index contributed by atoms with van der Waals surface area (Å²) in [5, 5.41) is 19.3. The first-order valence-electron chi connectivity index (χ1n) is 6.51. The number of amides is 1. The lowest BCUT2D eigenvalue weighted by atomic mass is 10.1. The standard InChI is InChI=1S/C14H10N4O3S2/c1-8-11(17-5-6-23-14(17)15-8)13(22)16-12(19)9-3-2-4-10(7-9)18(20)21/h2-7,11H,1H2,(H,16,19,22)/p+1/t11-/m0/s1. The molecule has 7 nitrogen and oxygen atoms in total. The minimum Gasteiger partial charge on any atom is -0.312 e. The monoisotopic (exact) mass is 347 g/mol. The molecule has 0 spiro atoms. The van der Waals surface area contributed by atoms with E-state index in [-0.39, 0.29) is 22.3 Å². The molecule has 9 heteroatoms. The van der Waals surface area contributed by atoms with E-state index >= 15 is 0 Å². The molecule has 0 radical (unpaired) electrons. The summed E-state index contributed by atoms with van der Waals surface area (Å²) in [4.78, 5) is 22.8. The lowest BCUT2D eigenvalue weighted by Gasteiger charge is -2.10. The van der Waals surface area contributed by atoms with Crippen LogP contribution in [0.4, 0.5) is 10.8 Å². The van der Waals surface area contributed by atoms with Crippen LogP contribution in [0.3, 0.4) is 0 Å². The first-order chi connectivity index (χ1) is 11.0. The largest absolute Gasteiger partial charge is 0.339 e. The molecular formula is C14H11N4O3S2+. The van der Waals surface area contributed by atoms with Gasteiger partial charge >= 0.3 is 5.13 Å². The number of benzene rings is 1. The lowest BCUT2D eigenvalue weighted by Crippen LogP contribution is -2.45. The number of carbonyl (C=O) groups excluding carboxylic acids is 1. The zero-order valence-electron chi connectivity index (χ0n) is 11.7. The molecule has 2 N–H and O–H groups in total. The maximum Gasteiger partial charge on any atom is 0.339 e. The summed E-state index contributed by atoms with van der Waals surface area (Å²) in [7, 11) is 0. The molecule has 2 aromatic rings. The number of hydrogen-bond acceptors (Lipinski definition) is 6. The molecule has 0 saturated carbocycles. The van der Waals surface area contributed by atoms with Crippen LogP contribution in [0.1, 0.15) is 16.4 Å². The highest BCUT2D eigenvalue weighted by Gasteiger charge is 2.38. The van der Waals surface area contributed by atoms with Gasteiger partial charge < -0.3 is 5.32 Å². The fraction of sp³-hybridized carbons (Fsp3) is 0.0714. The number of rotatable bonds is 3. The van der Waals surface area contributed by atoms with Crippen LogP contribution in [0.15, 0.2) is 48.1 Å². The molecule has 3 rings (SSSR count). The van der Waals surface area contributed by atoms with Crippen molar-refractivity contribution in [2.75, 3.05) is 5.32 Å². The number of aromatic nitrogens is 1. The Hall–Kier alpha value is -2.65. The van der Waals surface area contributed by atoms with E-state index in [1.807, 2.05) is 16.1 Å². The molecule has 23 heavy (non-hydrogen) atoms. The van der Waals surface area contributed by atoms with Gasteiger partial charge in [0.05, 0.1) is 4.92 Å². The number of nitrogens with one attached hydrogen (secondary N) is 2. The van der Waals surface area contributed by atoms with Gasteiger partial charge in [0.15, 0.2) is 0 Å². The summed E-state index contributed by atoms with van der Waals surface area (Å²) in [5.74, 6) is -0.490. The quantitative estimate of drug-likeness (QED) is 0.385. The first kappa shape index (κ1) is 15.3. The third-order valence-corrected chi connectivity index (χ3v) is 4.43. The van der Waals surface area contributed by atoms with Crippen molar-refractivity contribution in [3.63, 3.8) is 0 Å². The minimum atomic E-state index is -0.550. The van der Waals surface area contributed by atoms with Crippen molar-refractivity contribution in [2.24, 2.45) is 0 Å². The Bertz CT molecular complexity index is 846. The Morgan fingerprint density at radius 3 is 3.04 bits per heavy atom. The summed E-state index contributed by atoms with van der Waals surface area (Å²) < 4.78 is 1.88. The zero-order valence-corrected chi connectivity index (χ0v) is 13.3. The van der Waals surface area contributed by atoms with Gasteiger partial charge in [-0.15, -0.1) is 0 Å². The van der Waals surface area contributed by atoms with Crippen LogP contribution >= 0.6 is 23.6 Å². The maximum atomic E-state index is 12.3. The number of thiazole rings is 1. The molecule has 2 heterocycles. The number of non-ortho nitro benzene ring substituents is 1. The minimum absolute atomic E-state index is 0.148. The molecule has 1 aliphatic rings. The van der Waals surface area contributed by atoms with Crippen molar-refractivity contribution in [1.82, 2.24) is 5.32 Å². The number of thiocarbonyl (C=S) groups is 1. The van der Waals surface area contributed by atoms with Crippen molar-refractivity contribution in [1.29, 1.82) is 0 Å². The number of anilines is 1. The molecule has 0 bridgehead atoms. The highest BCUT2D eigenvalue weighted by atomic mass is 32.1. The summed E-state index contributed by atoms with van der Waals surface area (Å²) in [6.45, 7) is 3.91. The van der Waals surface area contributed by atoms with Gasteiger partial charge in [-0.1, -0.05) is 36.2 Å². The summed E-state index contributed by atoms with van der Waals surface area (Å²) in [6.07, 6.45) is 1.85. The predicted molar refractivity (Wildman–Crippen MR) is 89.5 cm³/mol. The van der Waals surface area contributed by atoms with Crippen molar-refractivity contribution in [3.8, 4) is 0 Å². The van der Waals surface area contributed by atoms with Gasteiger partial charge in [0.2, 0.25) is 6.04 Å². The van der Waals surface area contributed by atoms with Gasteiger partial charge in [-0.3, -0.25) is 14.9 Å². The van der Waals surface area contributed by atoms with Crippen LogP contribution < -0.4 is 15.2 Å². The van der Waals surface area contributed by atoms with E-state index in [1.165, 1.54) is 35.6 Å². The molecule has 0 fully saturated rings. The Balaban J connectivity index is 1.78. The summed E-state index contributed by atoms with van der Waals surface area (Å²) in [5.41, 5.74) is 0.694. The molecular weight excluding hydrogens is 336 g/mol. The molecule has 1 atom stereocenters. The summed E-state index contributed by atoms with van der Waals surface area (Å²) >= 11 is 6.81.